The van der Waals surface area contributed by atoms with Gasteiger partial charge in [-0.15, -0.1) is 0 Å². The molecule has 0 aliphatic heterocycles. The molecule has 0 spiro atoms. The van der Waals surface area contributed by atoms with Gasteiger partial charge in [0.15, 0.2) is 0 Å². The Kier molecular flexibility index (Phi) is 1.85. The molecule has 4 bridgehead atoms. The maximum Gasteiger partial charge on any atom is 0.309 e. The molecule has 3 heteroatoms. The Morgan fingerprint density at radius 3 is 1.88 bits per heavy atom. The fraction of sp³-hybridized carbons (Fsp3) is 0.923. The monoisotopic (exact) mass is 286 g/mol. The summed E-state index contributed by atoms with van der Waals surface area (Å²) in [5, 5.41) is 9.60. The van der Waals surface area contributed by atoms with Crippen LogP contribution < -0.4 is 0 Å². The molecular formula is C13H19BrO2. The highest BCUT2D eigenvalue weighted by Crippen LogP contribution is 2.72. The highest BCUT2D eigenvalue weighted by Gasteiger charge is 2.67. The van der Waals surface area contributed by atoms with Crippen molar-refractivity contribution in [1.82, 2.24) is 0 Å². The van der Waals surface area contributed by atoms with E-state index in [9.17, 15) is 9.90 Å². The van der Waals surface area contributed by atoms with Gasteiger partial charge in [-0.25, -0.2) is 0 Å². The number of carboxylic acid groups (broad SMARTS) is 1. The first-order valence-corrected chi connectivity index (χ1v) is 6.90. The summed E-state index contributed by atoms with van der Waals surface area (Å²) in [4.78, 5) is 11.7. The van der Waals surface area contributed by atoms with Crippen molar-refractivity contribution in [1.29, 1.82) is 0 Å². The van der Waals surface area contributed by atoms with Crippen molar-refractivity contribution in [3.63, 3.8) is 0 Å². The summed E-state index contributed by atoms with van der Waals surface area (Å²) in [6, 6.07) is 0. The second kappa shape index (κ2) is 2.68. The summed E-state index contributed by atoms with van der Waals surface area (Å²) >= 11 is 3.87. The van der Waals surface area contributed by atoms with Crippen LogP contribution in [0, 0.1) is 16.2 Å². The van der Waals surface area contributed by atoms with Crippen LogP contribution in [0.3, 0.4) is 0 Å². The number of rotatable bonds is 1. The normalized spacial score (nSPS) is 58.9. The molecule has 90 valence electrons. The number of hydrogen-bond donors (Lipinski definition) is 1. The van der Waals surface area contributed by atoms with Gasteiger partial charge in [-0.05, 0) is 49.4 Å². The van der Waals surface area contributed by atoms with E-state index in [-0.39, 0.29) is 15.2 Å². The minimum absolute atomic E-state index is 0.101. The summed E-state index contributed by atoms with van der Waals surface area (Å²) in [6.45, 7) is 4.58. The number of aliphatic carboxylic acids is 1. The second-order valence-electron chi connectivity index (χ2n) is 7.42. The minimum atomic E-state index is -0.562. The number of hydrogen-bond acceptors (Lipinski definition) is 1. The van der Waals surface area contributed by atoms with E-state index in [0.717, 1.165) is 32.1 Å². The Hall–Kier alpha value is -0.0500. The first kappa shape index (κ1) is 11.1. The van der Waals surface area contributed by atoms with Gasteiger partial charge in [-0.2, -0.15) is 0 Å². The number of halogens is 1. The fourth-order valence-corrected chi connectivity index (χ4v) is 7.67. The van der Waals surface area contributed by atoms with E-state index in [0.29, 0.717) is 0 Å². The summed E-state index contributed by atoms with van der Waals surface area (Å²) in [6.07, 6.45) is 6.13. The third kappa shape index (κ3) is 1.33. The quantitative estimate of drug-likeness (QED) is 0.748. The average molecular weight is 287 g/mol. The van der Waals surface area contributed by atoms with Gasteiger partial charge in [-0.3, -0.25) is 4.79 Å². The third-order valence-electron chi connectivity index (χ3n) is 4.98. The lowest BCUT2D eigenvalue weighted by molar-refractivity contribution is -0.180. The molecule has 1 N–H and O–H groups in total. The lowest BCUT2D eigenvalue weighted by Crippen LogP contribution is -2.62. The van der Waals surface area contributed by atoms with Crippen molar-refractivity contribution in [3.05, 3.63) is 0 Å². The molecule has 16 heavy (non-hydrogen) atoms. The maximum absolute atomic E-state index is 11.7. The zero-order chi connectivity index (χ0) is 11.8. The zero-order valence-corrected chi connectivity index (χ0v) is 11.6. The molecule has 0 aromatic carbocycles. The maximum atomic E-state index is 11.7. The number of alkyl halides is 1. The van der Waals surface area contributed by atoms with Crippen molar-refractivity contribution in [2.75, 3.05) is 0 Å². The highest BCUT2D eigenvalue weighted by atomic mass is 79.9. The van der Waals surface area contributed by atoms with Crippen LogP contribution in [0.1, 0.15) is 52.4 Å². The molecule has 0 unspecified atom stereocenters. The first-order chi connectivity index (χ1) is 7.19. The van der Waals surface area contributed by atoms with E-state index in [4.69, 9.17) is 0 Å². The van der Waals surface area contributed by atoms with Gasteiger partial charge in [-0.1, -0.05) is 29.8 Å². The van der Waals surface area contributed by atoms with Crippen LogP contribution in [-0.2, 0) is 4.79 Å². The Morgan fingerprint density at radius 1 is 1.00 bits per heavy atom. The molecular weight excluding hydrogens is 268 g/mol. The Bertz CT molecular complexity index is 323. The zero-order valence-electron chi connectivity index (χ0n) is 9.98. The van der Waals surface area contributed by atoms with Gasteiger partial charge in [0.25, 0.3) is 0 Å². The second-order valence-corrected chi connectivity index (χ2v) is 9.10. The van der Waals surface area contributed by atoms with E-state index >= 15 is 0 Å². The van der Waals surface area contributed by atoms with Gasteiger partial charge in [0, 0.05) is 4.32 Å². The lowest BCUT2D eigenvalue weighted by atomic mass is 9.40. The predicted molar refractivity (Wildman–Crippen MR) is 65.6 cm³/mol. The van der Waals surface area contributed by atoms with E-state index in [2.05, 4.69) is 29.8 Å². The van der Waals surface area contributed by atoms with E-state index < -0.39 is 11.4 Å². The van der Waals surface area contributed by atoms with Crippen LogP contribution in [0.15, 0.2) is 0 Å². The lowest BCUT2D eigenvalue weighted by Gasteiger charge is -2.66. The topological polar surface area (TPSA) is 37.3 Å². The Balaban J connectivity index is 2.11. The molecule has 4 rings (SSSR count). The van der Waals surface area contributed by atoms with Crippen molar-refractivity contribution in [2.24, 2.45) is 16.2 Å². The minimum Gasteiger partial charge on any atom is -0.481 e. The molecule has 0 amide bonds. The van der Waals surface area contributed by atoms with Gasteiger partial charge < -0.3 is 5.11 Å². The summed E-state index contributed by atoms with van der Waals surface area (Å²) in [5.41, 5.74) is 0.0402. The van der Waals surface area contributed by atoms with Gasteiger partial charge in [0.2, 0.25) is 0 Å². The molecule has 0 heterocycles. The van der Waals surface area contributed by atoms with Crippen molar-refractivity contribution in [2.45, 2.75) is 56.7 Å². The van der Waals surface area contributed by atoms with Crippen LogP contribution >= 0.6 is 15.9 Å². The molecule has 0 radical (unpaired) electrons. The molecule has 2 atom stereocenters. The van der Waals surface area contributed by atoms with Crippen molar-refractivity contribution < 1.29 is 9.90 Å². The summed E-state index contributed by atoms with van der Waals surface area (Å²) < 4.78 is 0.101. The third-order valence-corrected chi connectivity index (χ3v) is 5.82. The molecule has 4 fully saturated rings. The van der Waals surface area contributed by atoms with Crippen LogP contribution in [-0.4, -0.2) is 15.4 Å². The van der Waals surface area contributed by atoms with Crippen molar-refractivity contribution in [3.8, 4) is 0 Å². The fourth-order valence-electron chi connectivity index (χ4n) is 5.78. The molecule has 4 aliphatic rings. The summed E-state index contributed by atoms with van der Waals surface area (Å²) in [7, 11) is 0. The number of carbonyl (C=O) groups is 1. The van der Waals surface area contributed by atoms with Crippen LogP contribution in [0.5, 0.6) is 0 Å². The van der Waals surface area contributed by atoms with Gasteiger partial charge >= 0.3 is 5.97 Å². The average Bonchev–Trinajstić information content (AvgIpc) is 1.92. The molecule has 0 saturated heterocycles. The van der Waals surface area contributed by atoms with Crippen LogP contribution in [0.2, 0.25) is 0 Å². The first-order valence-electron chi connectivity index (χ1n) is 6.11. The van der Waals surface area contributed by atoms with E-state index in [1.54, 1.807) is 0 Å². The number of carboxylic acids is 1. The van der Waals surface area contributed by atoms with E-state index in [1.807, 2.05) is 0 Å². The SMILES string of the molecule is C[C@]12CC3(Br)CC(C(=O)O)(C1)C[C@](C)(C3)C2. The molecule has 0 aromatic heterocycles. The van der Waals surface area contributed by atoms with Crippen LogP contribution in [0.4, 0.5) is 0 Å². The largest absolute Gasteiger partial charge is 0.481 e. The summed E-state index contributed by atoms with van der Waals surface area (Å²) in [5.74, 6) is -0.562. The molecule has 4 saturated carbocycles. The van der Waals surface area contributed by atoms with Gasteiger partial charge in [0.05, 0.1) is 5.41 Å². The Morgan fingerprint density at radius 2 is 1.50 bits per heavy atom. The highest BCUT2D eigenvalue weighted by molar-refractivity contribution is 9.10. The van der Waals surface area contributed by atoms with Gasteiger partial charge in [0.1, 0.15) is 0 Å². The predicted octanol–water partition coefficient (Wildman–Crippen LogP) is 3.59. The standard InChI is InChI=1S/C13H19BrO2/c1-10-3-11(2)5-12(4-10,9(15)16)8-13(14,6-10)7-11/h3-8H2,1-2H3,(H,15,16)/t10-,11-,12?,13?/m1/s1. The van der Waals surface area contributed by atoms with Crippen molar-refractivity contribution >= 4 is 21.9 Å². The van der Waals surface area contributed by atoms with Crippen LogP contribution in [0.25, 0.3) is 0 Å². The smallest absolute Gasteiger partial charge is 0.309 e. The van der Waals surface area contributed by atoms with E-state index in [1.165, 1.54) is 6.42 Å². The molecule has 2 nitrogen and oxygen atoms in total. The molecule has 0 aromatic rings. The Labute approximate surface area is 105 Å². The molecule has 4 aliphatic carbocycles.